The van der Waals surface area contributed by atoms with Crippen molar-refractivity contribution in [1.82, 2.24) is 15.1 Å². The number of hydrogen-bond acceptors (Lipinski definition) is 11. The number of benzene rings is 4. The Kier molecular flexibility index (Phi) is 12.9. The highest BCUT2D eigenvalue weighted by atomic mass is 16.6. The van der Waals surface area contributed by atoms with Crippen LogP contribution in [0.3, 0.4) is 0 Å². The molecule has 0 unspecified atom stereocenters. The van der Waals surface area contributed by atoms with E-state index in [-0.39, 0.29) is 11.8 Å². The van der Waals surface area contributed by atoms with Gasteiger partial charge in [0.25, 0.3) is 11.8 Å². The van der Waals surface area contributed by atoms with Gasteiger partial charge < -0.3 is 54.3 Å². The van der Waals surface area contributed by atoms with Gasteiger partial charge in [-0.05, 0) is 80.4 Å². The molecule has 0 aliphatic carbocycles. The van der Waals surface area contributed by atoms with Crippen LogP contribution in [0.2, 0.25) is 0 Å². The van der Waals surface area contributed by atoms with Crippen molar-refractivity contribution in [2.45, 2.75) is 39.5 Å². The lowest BCUT2D eigenvalue weighted by Gasteiger charge is -2.37. The zero-order chi connectivity index (χ0) is 41.4. The van der Waals surface area contributed by atoms with Gasteiger partial charge in [0, 0.05) is 76.6 Å². The van der Waals surface area contributed by atoms with Crippen LogP contribution in [0.25, 0.3) is 0 Å². The van der Waals surface area contributed by atoms with Crippen molar-refractivity contribution in [1.29, 1.82) is 0 Å². The Bertz CT molecular complexity index is 2070. The largest absolute Gasteiger partial charge is 0.486 e. The van der Waals surface area contributed by atoms with E-state index < -0.39 is 11.7 Å². The molecule has 2 fully saturated rings. The number of carbonyl (C=O) groups excluding carboxylic acids is 3. The minimum atomic E-state index is -0.537. The van der Waals surface area contributed by atoms with Gasteiger partial charge in [0.15, 0.2) is 23.0 Å². The Labute approximate surface area is 345 Å². The molecule has 8 rings (SSSR count). The van der Waals surface area contributed by atoms with Crippen molar-refractivity contribution >= 4 is 29.3 Å². The molecule has 0 atom stereocenters. The monoisotopic (exact) mass is 806 g/mol. The van der Waals surface area contributed by atoms with Gasteiger partial charge >= 0.3 is 6.09 Å². The highest BCUT2D eigenvalue weighted by Gasteiger charge is 2.28. The number of fused-ring (bicyclic) bond motifs is 2. The molecule has 0 spiro atoms. The normalized spacial score (nSPS) is 16.1. The summed E-state index contributed by atoms with van der Waals surface area (Å²) in [5.41, 5.74) is 10.4. The van der Waals surface area contributed by atoms with Crippen LogP contribution in [-0.2, 0) is 17.8 Å². The second-order valence-electron chi connectivity index (χ2n) is 15.6. The van der Waals surface area contributed by atoms with Crippen LogP contribution in [0.4, 0.5) is 16.2 Å². The van der Waals surface area contributed by atoms with Crippen LogP contribution in [0.5, 0.6) is 23.0 Å². The average Bonchev–Trinajstić information content (AvgIpc) is 3.27. The Morgan fingerprint density at radius 3 is 1.44 bits per heavy atom. The van der Waals surface area contributed by atoms with Crippen LogP contribution in [0.15, 0.2) is 84.9 Å². The van der Waals surface area contributed by atoms with Crippen LogP contribution >= 0.6 is 0 Å². The van der Waals surface area contributed by atoms with E-state index in [9.17, 15) is 14.4 Å². The van der Waals surface area contributed by atoms with Gasteiger partial charge in [0.05, 0.1) is 11.4 Å². The summed E-state index contributed by atoms with van der Waals surface area (Å²) in [7, 11) is 0. The molecule has 312 valence electrons. The molecule has 0 bridgehead atoms. The highest BCUT2D eigenvalue weighted by Crippen LogP contribution is 2.41. The molecule has 4 heterocycles. The quantitative estimate of drug-likeness (QED) is 0.250. The number of anilines is 2. The number of ether oxygens (including phenoxy) is 5. The Hall–Kier alpha value is -6.15. The van der Waals surface area contributed by atoms with Crippen molar-refractivity contribution in [3.63, 3.8) is 0 Å². The van der Waals surface area contributed by atoms with E-state index in [4.69, 9.17) is 29.4 Å². The summed E-state index contributed by atoms with van der Waals surface area (Å²) in [5.74, 6) is 3.26. The fraction of sp³-hybridized carbons (Fsp3) is 0.400. The molecule has 4 aromatic carbocycles. The topological polar surface area (TPSA) is 148 Å². The molecule has 4 aromatic rings. The van der Waals surface area contributed by atoms with Crippen molar-refractivity contribution in [2.24, 2.45) is 5.73 Å². The lowest BCUT2D eigenvalue weighted by molar-refractivity contribution is 0.0522. The second kappa shape index (κ2) is 18.6. The number of amides is 3. The van der Waals surface area contributed by atoms with Gasteiger partial charge in [0.2, 0.25) is 0 Å². The second-order valence-corrected chi connectivity index (χ2v) is 15.6. The number of nitrogens with one attached hydrogen (secondary N) is 1. The molecular weight excluding hydrogens is 753 g/mol. The molecule has 0 radical (unpaired) electrons. The van der Waals surface area contributed by atoms with Gasteiger partial charge in [-0.3, -0.25) is 9.59 Å². The molecule has 2 saturated heterocycles. The van der Waals surface area contributed by atoms with Crippen molar-refractivity contribution in [3.8, 4) is 23.0 Å². The number of nitrogens with two attached hydrogens (primary N) is 1. The standard InChI is InChI=1S/C25H31N3O5.C20H23N3O3/c1-25(2,3)33-24(30)26-17-18-7-9-19(10-8-18)23(29)28-13-11-27(12-14-28)20-5-4-6-21-22(20)32-16-15-31-21;21-14-15-4-6-16(7-5-15)20(24)23-10-8-22(9-11-23)17-2-1-3-18-19(17)26-13-12-25-18/h4-10H,11-17H2,1-3H3,(H,26,30);1-7H,8-14,21H2. The van der Waals surface area contributed by atoms with E-state index in [0.717, 1.165) is 71.7 Å². The van der Waals surface area contributed by atoms with Crippen molar-refractivity contribution < 1.29 is 38.1 Å². The van der Waals surface area contributed by atoms with Gasteiger partial charge in [-0.25, -0.2) is 4.79 Å². The maximum absolute atomic E-state index is 13.0. The van der Waals surface area contributed by atoms with E-state index in [1.165, 1.54) is 0 Å². The third kappa shape index (κ3) is 10.3. The summed E-state index contributed by atoms with van der Waals surface area (Å²) < 4.78 is 28.3. The molecule has 3 amide bonds. The fourth-order valence-corrected chi connectivity index (χ4v) is 7.32. The minimum absolute atomic E-state index is 0.0102. The SMILES string of the molecule is CC(C)(C)OC(=O)NCc1ccc(C(=O)N2CCN(c3cccc4c3OCCO4)CC2)cc1.NCc1ccc(C(=O)N2CCN(c3cccc4c3OCCO4)CC2)cc1. The maximum Gasteiger partial charge on any atom is 0.407 e. The summed E-state index contributed by atoms with van der Waals surface area (Å²) in [4.78, 5) is 45.8. The third-order valence-corrected chi connectivity index (χ3v) is 10.4. The van der Waals surface area contributed by atoms with Gasteiger partial charge in [-0.1, -0.05) is 36.4 Å². The lowest BCUT2D eigenvalue weighted by Crippen LogP contribution is -2.49. The first kappa shape index (κ1) is 41.0. The molecule has 14 heteroatoms. The van der Waals surface area contributed by atoms with Gasteiger partial charge in [-0.2, -0.15) is 0 Å². The van der Waals surface area contributed by atoms with E-state index in [1.807, 2.05) is 97.3 Å². The van der Waals surface area contributed by atoms with Crippen LogP contribution in [0, 0.1) is 0 Å². The molecule has 0 aromatic heterocycles. The summed E-state index contributed by atoms with van der Waals surface area (Å²) in [6, 6.07) is 26.8. The molecule has 3 N–H and O–H groups in total. The van der Waals surface area contributed by atoms with Crippen molar-refractivity contribution in [2.75, 3.05) is 88.6 Å². The van der Waals surface area contributed by atoms with E-state index >= 15 is 0 Å². The molecule has 0 saturated carbocycles. The van der Waals surface area contributed by atoms with Gasteiger partial charge in [-0.15, -0.1) is 0 Å². The summed E-state index contributed by atoms with van der Waals surface area (Å²) >= 11 is 0. The maximum atomic E-state index is 13.0. The van der Waals surface area contributed by atoms with Crippen LogP contribution in [-0.4, -0.2) is 112 Å². The molecule has 59 heavy (non-hydrogen) atoms. The Morgan fingerprint density at radius 1 is 0.593 bits per heavy atom. The average molecular weight is 807 g/mol. The van der Waals surface area contributed by atoms with Crippen LogP contribution in [0.1, 0.15) is 52.6 Å². The molecular formula is C45H54N6O8. The first-order chi connectivity index (χ1) is 28.6. The van der Waals surface area contributed by atoms with Gasteiger partial charge in [0.1, 0.15) is 32.0 Å². The van der Waals surface area contributed by atoms with E-state index in [1.54, 1.807) is 12.1 Å². The zero-order valence-corrected chi connectivity index (χ0v) is 34.1. The molecule has 4 aliphatic heterocycles. The minimum Gasteiger partial charge on any atom is -0.486 e. The first-order valence-corrected chi connectivity index (χ1v) is 20.3. The fourth-order valence-electron chi connectivity index (χ4n) is 7.32. The zero-order valence-electron chi connectivity index (χ0n) is 34.1. The van der Waals surface area contributed by atoms with Crippen molar-refractivity contribution in [3.05, 3.63) is 107 Å². The lowest BCUT2D eigenvalue weighted by atomic mass is 10.1. The highest BCUT2D eigenvalue weighted by molar-refractivity contribution is 5.95. The summed E-state index contributed by atoms with van der Waals surface area (Å²) in [6.45, 7) is 14.2. The molecule has 4 aliphatic rings. The Balaban J connectivity index is 0.000000184. The third-order valence-electron chi connectivity index (χ3n) is 10.4. The summed E-state index contributed by atoms with van der Waals surface area (Å²) in [6.07, 6.45) is -0.461. The number of para-hydroxylation sites is 2. The number of piperazine rings is 2. The van der Waals surface area contributed by atoms with E-state index in [2.05, 4.69) is 21.2 Å². The number of hydrogen-bond donors (Lipinski definition) is 2. The van der Waals surface area contributed by atoms with E-state index in [0.29, 0.717) is 76.8 Å². The molecule has 14 nitrogen and oxygen atoms in total. The summed E-state index contributed by atoms with van der Waals surface area (Å²) in [5, 5.41) is 2.73. The number of alkyl carbamates (subject to hydrolysis) is 1. The smallest absolute Gasteiger partial charge is 0.407 e. The number of carbonyl (C=O) groups is 3. The van der Waals surface area contributed by atoms with Crippen LogP contribution < -0.4 is 39.8 Å². The number of rotatable bonds is 7. The Morgan fingerprint density at radius 2 is 1.02 bits per heavy atom. The predicted molar refractivity (Wildman–Crippen MR) is 225 cm³/mol. The first-order valence-electron chi connectivity index (χ1n) is 20.3. The predicted octanol–water partition coefficient (Wildman–Crippen LogP) is 5.32. The number of nitrogens with zero attached hydrogens (tertiary/aromatic N) is 4.